The van der Waals surface area contributed by atoms with E-state index in [0.717, 1.165) is 11.6 Å². The van der Waals surface area contributed by atoms with Crippen molar-refractivity contribution in [3.63, 3.8) is 0 Å². The Morgan fingerprint density at radius 1 is 1.19 bits per heavy atom. The van der Waals surface area contributed by atoms with Crippen molar-refractivity contribution in [2.45, 2.75) is 6.61 Å². The third-order valence-corrected chi connectivity index (χ3v) is 3.10. The molecule has 0 unspecified atom stereocenters. The molecule has 0 fully saturated rings. The maximum atomic E-state index is 14.1. The smallest absolute Gasteiger partial charge is 0.410 e. The number of ether oxygens (including phenoxy) is 2. The summed E-state index contributed by atoms with van der Waals surface area (Å²) in [5.41, 5.74) is 5.57. The second-order valence-electron chi connectivity index (χ2n) is 4.01. The van der Waals surface area contributed by atoms with Gasteiger partial charge in [0, 0.05) is 0 Å². The van der Waals surface area contributed by atoms with Crippen molar-refractivity contribution in [1.82, 2.24) is 0 Å². The van der Waals surface area contributed by atoms with Crippen LogP contribution in [-0.4, -0.2) is 6.09 Å². The van der Waals surface area contributed by atoms with E-state index in [1.807, 2.05) is 6.07 Å². The summed E-state index contributed by atoms with van der Waals surface area (Å²) in [7, 11) is 0. The van der Waals surface area contributed by atoms with E-state index in [1.54, 1.807) is 24.3 Å². The number of halogens is 3. The fourth-order valence-corrected chi connectivity index (χ4v) is 2.07. The summed E-state index contributed by atoms with van der Waals surface area (Å²) in [4.78, 5) is 10.7. The Balaban J connectivity index is 2.28. The molecular weight excluding hydrogens is 348 g/mol. The highest BCUT2D eigenvalue weighted by Gasteiger charge is 2.21. The molecule has 7 heteroatoms. The average molecular weight is 358 g/mol. The minimum absolute atomic E-state index is 0.0354. The quantitative estimate of drug-likeness (QED) is 0.905. The van der Waals surface area contributed by atoms with E-state index in [4.69, 9.17) is 10.5 Å². The van der Waals surface area contributed by atoms with Gasteiger partial charge in [-0.3, -0.25) is 0 Å². The van der Waals surface area contributed by atoms with Crippen molar-refractivity contribution < 1.29 is 23.0 Å². The van der Waals surface area contributed by atoms with Gasteiger partial charge in [-0.1, -0.05) is 30.3 Å². The first-order valence-electron chi connectivity index (χ1n) is 5.80. The molecule has 0 radical (unpaired) electrons. The van der Waals surface area contributed by atoms with E-state index in [9.17, 15) is 13.6 Å². The Bertz CT molecular complexity index is 665. The summed E-state index contributed by atoms with van der Waals surface area (Å²) < 4.78 is 37.4. The topological polar surface area (TPSA) is 61.6 Å². The summed E-state index contributed by atoms with van der Waals surface area (Å²) in [6.45, 7) is -0.0354. The minimum atomic E-state index is -1.21. The third kappa shape index (κ3) is 3.69. The molecule has 0 saturated heterocycles. The fraction of sp³-hybridized carbons (Fsp3) is 0.0714. The normalized spacial score (nSPS) is 10.2. The van der Waals surface area contributed by atoms with Gasteiger partial charge in [-0.25, -0.2) is 9.18 Å². The summed E-state index contributed by atoms with van der Waals surface area (Å²) in [6.07, 6.45) is -1.21. The van der Waals surface area contributed by atoms with Crippen LogP contribution in [0.4, 0.5) is 13.6 Å². The van der Waals surface area contributed by atoms with Gasteiger partial charge in [0.05, 0.1) is 4.47 Å². The Labute approximate surface area is 127 Å². The Hall–Kier alpha value is -2.15. The molecule has 21 heavy (non-hydrogen) atoms. The van der Waals surface area contributed by atoms with E-state index in [1.165, 1.54) is 0 Å². The van der Waals surface area contributed by atoms with Gasteiger partial charge in [0.1, 0.15) is 6.61 Å². The zero-order valence-electron chi connectivity index (χ0n) is 10.6. The van der Waals surface area contributed by atoms with Gasteiger partial charge in [-0.05, 0) is 27.6 Å². The summed E-state index contributed by atoms with van der Waals surface area (Å²) >= 11 is 2.89. The number of amides is 1. The number of hydrogen-bond acceptors (Lipinski definition) is 3. The predicted octanol–water partition coefficient (Wildman–Crippen LogP) is 3.76. The van der Waals surface area contributed by atoms with Crippen molar-refractivity contribution in [3.05, 3.63) is 58.1 Å². The molecular formula is C14H10BrF2NO3. The second kappa shape index (κ2) is 6.53. The number of carbonyl (C=O) groups is 1. The van der Waals surface area contributed by atoms with Gasteiger partial charge in [0.25, 0.3) is 0 Å². The Morgan fingerprint density at radius 2 is 1.86 bits per heavy atom. The molecule has 0 saturated carbocycles. The lowest BCUT2D eigenvalue weighted by Crippen LogP contribution is -2.17. The molecule has 4 nitrogen and oxygen atoms in total. The standard InChI is InChI=1S/C14H10BrF2NO3/c15-9-6-10(16)13(11(17)12(9)21-14(18)19)20-7-8-4-2-1-3-5-8/h1-6H,7H2,(H2,18,19). The molecule has 0 aliphatic carbocycles. The van der Waals surface area contributed by atoms with Crippen molar-refractivity contribution in [3.8, 4) is 11.5 Å². The van der Waals surface area contributed by atoms with Gasteiger partial charge in [0.2, 0.25) is 5.82 Å². The minimum Gasteiger partial charge on any atom is -0.483 e. The highest BCUT2D eigenvalue weighted by Crippen LogP contribution is 2.37. The number of hydrogen-bond donors (Lipinski definition) is 1. The summed E-state index contributed by atoms with van der Waals surface area (Å²) in [5, 5.41) is 0. The highest BCUT2D eigenvalue weighted by molar-refractivity contribution is 9.10. The molecule has 2 N–H and O–H groups in total. The Morgan fingerprint density at radius 3 is 2.48 bits per heavy atom. The lowest BCUT2D eigenvalue weighted by molar-refractivity contribution is 0.206. The van der Waals surface area contributed by atoms with E-state index in [-0.39, 0.29) is 11.1 Å². The number of carbonyl (C=O) groups excluding carboxylic acids is 1. The molecule has 0 aliphatic rings. The van der Waals surface area contributed by atoms with Crippen LogP contribution in [0, 0.1) is 11.6 Å². The molecule has 2 aromatic rings. The number of rotatable bonds is 4. The first-order chi connectivity index (χ1) is 9.99. The van der Waals surface area contributed by atoms with E-state index in [2.05, 4.69) is 20.7 Å². The molecule has 2 rings (SSSR count). The van der Waals surface area contributed by atoms with Gasteiger partial charge < -0.3 is 15.2 Å². The van der Waals surface area contributed by atoms with E-state index >= 15 is 0 Å². The van der Waals surface area contributed by atoms with Gasteiger partial charge in [0.15, 0.2) is 17.3 Å². The molecule has 2 aromatic carbocycles. The number of nitrogens with two attached hydrogens (primary N) is 1. The van der Waals surface area contributed by atoms with Gasteiger partial charge in [-0.15, -0.1) is 0 Å². The molecule has 0 aromatic heterocycles. The highest BCUT2D eigenvalue weighted by atomic mass is 79.9. The van der Waals surface area contributed by atoms with Crippen LogP contribution < -0.4 is 15.2 Å². The van der Waals surface area contributed by atoms with Crippen LogP contribution in [0.5, 0.6) is 11.5 Å². The first-order valence-corrected chi connectivity index (χ1v) is 6.60. The molecule has 0 heterocycles. The van der Waals surface area contributed by atoms with Crippen molar-refractivity contribution in [1.29, 1.82) is 0 Å². The number of benzene rings is 2. The SMILES string of the molecule is NC(=O)Oc1c(Br)cc(F)c(OCc2ccccc2)c1F. The summed E-state index contributed by atoms with van der Waals surface area (Å²) in [5.74, 6) is -3.23. The first kappa shape index (κ1) is 15.2. The van der Waals surface area contributed by atoms with E-state index in [0.29, 0.717) is 0 Å². The van der Waals surface area contributed by atoms with Crippen LogP contribution in [0.15, 0.2) is 40.9 Å². The van der Waals surface area contributed by atoms with Crippen molar-refractivity contribution in [2.24, 2.45) is 5.73 Å². The monoisotopic (exact) mass is 357 g/mol. The molecule has 0 bridgehead atoms. The number of primary amides is 1. The van der Waals surface area contributed by atoms with Crippen LogP contribution in [0.2, 0.25) is 0 Å². The van der Waals surface area contributed by atoms with Crippen LogP contribution in [-0.2, 0) is 6.61 Å². The van der Waals surface area contributed by atoms with Gasteiger partial charge >= 0.3 is 6.09 Å². The third-order valence-electron chi connectivity index (χ3n) is 2.51. The average Bonchev–Trinajstić information content (AvgIpc) is 2.44. The zero-order chi connectivity index (χ0) is 15.4. The fourth-order valence-electron chi connectivity index (χ4n) is 1.61. The maximum Gasteiger partial charge on any atom is 0.410 e. The lowest BCUT2D eigenvalue weighted by Gasteiger charge is -2.12. The summed E-state index contributed by atoms with van der Waals surface area (Å²) in [6, 6.07) is 9.78. The molecule has 0 atom stereocenters. The second-order valence-corrected chi connectivity index (χ2v) is 4.86. The Kier molecular flexibility index (Phi) is 4.74. The van der Waals surface area contributed by atoms with Crippen LogP contribution >= 0.6 is 15.9 Å². The predicted molar refractivity (Wildman–Crippen MR) is 75.0 cm³/mol. The zero-order valence-corrected chi connectivity index (χ0v) is 12.2. The van der Waals surface area contributed by atoms with Crippen molar-refractivity contribution in [2.75, 3.05) is 0 Å². The van der Waals surface area contributed by atoms with Crippen LogP contribution in [0.25, 0.3) is 0 Å². The molecule has 110 valence electrons. The van der Waals surface area contributed by atoms with Crippen molar-refractivity contribution >= 4 is 22.0 Å². The largest absolute Gasteiger partial charge is 0.483 e. The lowest BCUT2D eigenvalue weighted by atomic mass is 10.2. The van der Waals surface area contributed by atoms with Gasteiger partial charge in [-0.2, -0.15) is 4.39 Å². The van der Waals surface area contributed by atoms with Crippen LogP contribution in [0.3, 0.4) is 0 Å². The molecule has 0 spiro atoms. The maximum absolute atomic E-state index is 14.1. The van der Waals surface area contributed by atoms with Crippen LogP contribution in [0.1, 0.15) is 5.56 Å². The van der Waals surface area contributed by atoms with E-state index < -0.39 is 29.2 Å². The molecule has 1 amide bonds. The molecule has 0 aliphatic heterocycles.